The van der Waals surface area contributed by atoms with E-state index in [1.807, 2.05) is 20.8 Å². The third kappa shape index (κ3) is 8.57. The van der Waals surface area contributed by atoms with Gasteiger partial charge in [-0.2, -0.15) is 13.2 Å². The summed E-state index contributed by atoms with van der Waals surface area (Å²) < 4.78 is 58.9. The van der Waals surface area contributed by atoms with Crippen LogP contribution in [0.2, 0.25) is 5.02 Å². The van der Waals surface area contributed by atoms with Crippen molar-refractivity contribution in [2.75, 3.05) is 31.6 Å². The van der Waals surface area contributed by atoms with Gasteiger partial charge in [-0.1, -0.05) is 17.7 Å². The maximum Gasteiger partial charge on any atom is 0.422 e. The molecule has 4 aromatic rings. The van der Waals surface area contributed by atoms with Crippen LogP contribution in [0.25, 0.3) is 11.1 Å². The van der Waals surface area contributed by atoms with Crippen LogP contribution in [0, 0.1) is 5.41 Å². The molecular formula is C31H36ClF3N10O4. The quantitative estimate of drug-likeness (QED) is 0.185. The number of carbonyl (C=O) groups is 1. The zero-order valence-corrected chi connectivity index (χ0v) is 28.1. The third-order valence-corrected chi connectivity index (χ3v) is 8.56. The maximum absolute atomic E-state index is 13.1. The summed E-state index contributed by atoms with van der Waals surface area (Å²) in [5, 5.41) is 18.8. The number of hydrogen-bond donors (Lipinski definition) is 1. The van der Waals surface area contributed by atoms with Crippen molar-refractivity contribution in [1.29, 1.82) is 0 Å². The van der Waals surface area contributed by atoms with Crippen molar-refractivity contribution in [2.24, 2.45) is 5.41 Å². The number of nitrogens with zero attached hydrogens (tertiary/aromatic N) is 9. The highest BCUT2D eigenvalue weighted by atomic mass is 35.5. The molecule has 1 aliphatic carbocycles. The Morgan fingerprint density at radius 3 is 2.55 bits per heavy atom. The van der Waals surface area contributed by atoms with E-state index in [0.717, 1.165) is 31.5 Å². The molecule has 2 aliphatic rings. The smallest absolute Gasteiger partial charge is 0.422 e. The number of hydrogen-bond acceptors (Lipinski definition) is 12. The minimum Gasteiger partial charge on any atom is -0.487 e. The number of alkyl halides is 3. The number of rotatable bonds is 13. The van der Waals surface area contributed by atoms with E-state index in [0.29, 0.717) is 29.4 Å². The summed E-state index contributed by atoms with van der Waals surface area (Å²) in [6, 6.07) is 5.27. The molecule has 1 N–H and O–H groups in total. The van der Waals surface area contributed by atoms with E-state index in [1.165, 1.54) is 13.3 Å². The predicted molar refractivity (Wildman–Crippen MR) is 170 cm³/mol. The summed E-state index contributed by atoms with van der Waals surface area (Å²) in [5.74, 6) is 0.0944. The highest BCUT2D eigenvalue weighted by Gasteiger charge is 2.54. The van der Waals surface area contributed by atoms with E-state index >= 15 is 0 Å². The van der Waals surface area contributed by atoms with Crippen LogP contribution in [0.1, 0.15) is 46.6 Å². The van der Waals surface area contributed by atoms with E-state index in [4.69, 9.17) is 25.8 Å². The van der Waals surface area contributed by atoms with Crippen molar-refractivity contribution < 1.29 is 32.2 Å². The van der Waals surface area contributed by atoms with Gasteiger partial charge in [-0.05, 0) is 67.2 Å². The van der Waals surface area contributed by atoms with Gasteiger partial charge in [0.05, 0.1) is 23.8 Å². The molecular weight excluding hydrogens is 669 g/mol. The molecule has 1 aliphatic heterocycles. The third-order valence-electron chi connectivity index (χ3n) is 8.25. The summed E-state index contributed by atoms with van der Waals surface area (Å²) in [4.78, 5) is 22.4. The lowest BCUT2D eigenvalue weighted by Crippen LogP contribution is -2.64. The Hall–Kier alpha value is -4.51. The molecule has 0 bridgehead atoms. The van der Waals surface area contributed by atoms with Crippen molar-refractivity contribution in [1.82, 2.24) is 44.9 Å². The van der Waals surface area contributed by atoms with Crippen molar-refractivity contribution >= 4 is 29.2 Å². The average Bonchev–Trinajstić information content (AvgIpc) is 3.63. The molecule has 49 heavy (non-hydrogen) atoms. The lowest BCUT2D eigenvalue weighted by Gasteiger charge is -2.60. The van der Waals surface area contributed by atoms with E-state index in [1.54, 1.807) is 46.2 Å². The van der Waals surface area contributed by atoms with Crippen LogP contribution in [-0.4, -0.2) is 94.9 Å². The fourth-order valence-corrected chi connectivity index (χ4v) is 6.64. The molecule has 1 spiro atoms. The number of esters is 1. The van der Waals surface area contributed by atoms with E-state index in [9.17, 15) is 18.0 Å². The predicted octanol–water partition coefficient (Wildman–Crippen LogP) is 5.11. The van der Waals surface area contributed by atoms with Gasteiger partial charge < -0.3 is 19.5 Å². The van der Waals surface area contributed by atoms with Gasteiger partial charge in [-0.25, -0.2) is 14.6 Å². The fourth-order valence-electron chi connectivity index (χ4n) is 6.48. The van der Waals surface area contributed by atoms with Crippen LogP contribution in [0.15, 0.2) is 43.1 Å². The Balaban J connectivity index is 1.10. The largest absolute Gasteiger partial charge is 0.487 e. The molecule has 1 saturated heterocycles. The van der Waals surface area contributed by atoms with Gasteiger partial charge in [0.15, 0.2) is 6.61 Å². The first-order valence-corrected chi connectivity index (χ1v) is 16.0. The first-order valence-electron chi connectivity index (χ1n) is 15.6. The Morgan fingerprint density at radius 1 is 1.16 bits per heavy atom. The molecule has 14 nitrogen and oxygen atoms in total. The highest BCUT2D eigenvalue weighted by molar-refractivity contribution is 6.32. The van der Waals surface area contributed by atoms with Gasteiger partial charge in [0, 0.05) is 44.5 Å². The summed E-state index contributed by atoms with van der Waals surface area (Å²) in [6.45, 7) is 8.27. The van der Waals surface area contributed by atoms with Crippen LogP contribution < -0.4 is 14.8 Å². The number of ether oxygens (including phenoxy) is 3. The Bertz CT molecular complexity index is 1750. The number of aromatic nitrogens is 8. The number of carbonyl (C=O) groups excluding carboxylic acids is 1. The van der Waals surface area contributed by atoms with Crippen LogP contribution in [0.3, 0.4) is 0 Å². The summed E-state index contributed by atoms with van der Waals surface area (Å²) in [6.07, 6.45) is 3.07. The first-order chi connectivity index (χ1) is 23.1. The fraction of sp³-hybridized carbons (Fsp3) is 0.516. The molecule has 0 unspecified atom stereocenters. The minimum atomic E-state index is -4.54. The highest BCUT2D eigenvalue weighted by Crippen LogP contribution is 2.54. The molecule has 262 valence electrons. The topological polar surface area (TPSA) is 147 Å². The van der Waals surface area contributed by atoms with Gasteiger partial charge in [0.2, 0.25) is 5.95 Å². The lowest BCUT2D eigenvalue weighted by molar-refractivity contribution is -0.162. The monoisotopic (exact) mass is 704 g/mol. The molecule has 1 atom stereocenters. The molecule has 6 rings (SSSR count). The first kappa shape index (κ1) is 34.4. The molecule has 1 aromatic carbocycles. The zero-order chi connectivity index (χ0) is 35.0. The van der Waals surface area contributed by atoms with Gasteiger partial charge in [-0.15, -0.1) is 10.2 Å². The molecule has 18 heteroatoms. The standard InChI is InChI=1S/C31H36ClF3N10O4/c1-19(12-44-18-38-41-42-44)48-26-7-21(5-6-24(26)32)22-10-36-28(37-11-22)39-25-13-45(40-27(25)47-17-31(33,34)35)23-8-30(9-23)15-43(16-30)14-29(3,4)49-20(2)46/h5-7,10-11,13,18-19,23H,8-9,12,14-17H2,1-4H3,(H,36,37,39)/t19-/m0/s1. The van der Waals surface area contributed by atoms with Gasteiger partial charge in [0.25, 0.3) is 5.88 Å². The van der Waals surface area contributed by atoms with Crippen molar-refractivity contribution in [3.05, 3.63) is 48.1 Å². The number of anilines is 2. The van der Waals surface area contributed by atoms with Gasteiger partial charge in [0.1, 0.15) is 29.5 Å². The maximum atomic E-state index is 13.1. The number of benzene rings is 1. The Labute approximate surface area is 284 Å². The lowest BCUT2D eigenvalue weighted by atomic mass is 9.60. The van der Waals surface area contributed by atoms with Crippen molar-refractivity contribution in [2.45, 2.75) is 71.0 Å². The van der Waals surface area contributed by atoms with Crippen LogP contribution in [0.4, 0.5) is 24.8 Å². The minimum absolute atomic E-state index is 0.00683. The van der Waals surface area contributed by atoms with Crippen molar-refractivity contribution in [3.63, 3.8) is 0 Å². The molecule has 2 fully saturated rings. The second-order valence-corrected chi connectivity index (χ2v) is 13.7. The summed E-state index contributed by atoms with van der Waals surface area (Å²) >= 11 is 6.38. The molecule has 0 radical (unpaired) electrons. The summed E-state index contributed by atoms with van der Waals surface area (Å²) in [7, 11) is 0. The van der Waals surface area contributed by atoms with Gasteiger partial charge in [-0.3, -0.25) is 14.4 Å². The van der Waals surface area contributed by atoms with E-state index in [-0.39, 0.29) is 41.0 Å². The van der Waals surface area contributed by atoms with E-state index < -0.39 is 18.4 Å². The van der Waals surface area contributed by atoms with Gasteiger partial charge >= 0.3 is 12.1 Å². The Morgan fingerprint density at radius 2 is 1.90 bits per heavy atom. The second-order valence-electron chi connectivity index (χ2n) is 13.3. The van der Waals surface area contributed by atoms with Crippen LogP contribution in [0.5, 0.6) is 11.6 Å². The number of halogens is 4. The molecule has 1 saturated carbocycles. The average molecular weight is 705 g/mol. The van der Waals surface area contributed by atoms with Crippen molar-refractivity contribution in [3.8, 4) is 22.8 Å². The van der Waals surface area contributed by atoms with E-state index in [2.05, 4.69) is 40.8 Å². The number of tetrazole rings is 1. The SMILES string of the molecule is CC(=O)OC(C)(C)CN1CC2(CC(n3cc(Nc4ncc(-c5ccc(Cl)c(O[C@@H](C)Cn6cnnn6)c5)cn4)c(OCC(F)(F)F)n3)C2)C1. The molecule has 0 amide bonds. The second kappa shape index (κ2) is 13.4. The Kier molecular flexibility index (Phi) is 9.41. The molecule has 3 aromatic heterocycles. The number of likely N-dealkylation sites (tertiary alicyclic amines) is 1. The normalized spacial score (nSPS) is 16.9. The number of nitrogens with one attached hydrogen (secondary N) is 1. The van der Waals surface area contributed by atoms with Crippen LogP contribution >= 0.6 is 11.6 Å². The summed E-state index contributed by atoms with van der Waals surface area (Å²) in [5.41, 5.74) is 1.13. The zero-order valence-electron chi connectivity index (χ0n) is 27.3. The van der Waals surface area contributed by atoms with Crippen LogP contribution in [-0.2, 0) is 16.1 Å². The molecule has 4 heterocycles.